The summed E-state index contributed by atoms with van der Waals surface area (Å²) in [7, 11) is 0. The Bertz CT molecular complexity index is 557. The zero-order valence-electron chi connectivity index (χ0n) is 9.57. The fourth-order valence-corrected chi connectivity index (χ4v) is 2.13. The van der Waals surface area contributed by atoms with Gasteiger partial charge in [-0.25, -0.2) is 9.97 Å². The number of hydrogen-bond donors (Lipinski definition) is 1. The Kier molecular flexibility index (Phi) is 3.54. The number of rotatable bonds is 2. The van der Waals surface area contributed by atoms with Crippen LogP contribution in [0.2, 0.25) is 5.15 Å². The summed E-state index contributed by atoms with van der Waals surface area (Å²) in [6, 6.07) is 7.57. The van der Waals surface area contributed by atoms with E-state index in [4.69, 9.17) is 17.3 Å². The first-order chi connectivity index (χ1) is 8.10. The number of nitrogens with two attached hydrogens (primary N) is 1. The highest BCUT2D eigenvalue weighted by Gasteiger charge is 2.08. The van der Waals surface area contributed by atoms with Gasteiger partial charge in [0, 0.05) is 17.3 Å². The molecule has 0 saturated heterocycles. The van der Waals surface area contributed by atoms with Gasteiger partial charge in [-0.1, -0.05) is 35.0 Å². The number of halogens is 1. The maximum absolute atomic E-state index is 5.97. The monoisotopic (exact) mass is 265 g/mol. The summed E-state index contributed by atoms with van der Waals surface area (Å²) in [4.78, 5) is 8.52. The van der Waals surface area contributed by atoms with Crippen molar-refractivity contribution in [3.63, 3.8) is 0 Å². The Labute approximate surface area is 109 Å². The van der Waals surface area contributed by atoms with Crippen molar-refractivity contribution in [2.24, 2.45) is 0 Å². The van der Waals surface area contributed by atoms with E-state index in [0.29, 0.717) is 16.0 Å². The molecule has 0 aliphatic carbocycles. The molecule has 0 radical (unpaired) electrons. The van der Waals surface area contributed by atoms with E-state index in [1.54, 1.807) is 6.07 Å². The minimum absolute atomic E-state index is 0.431. The fourth-order valence-electron chi connectivity index (χ4n) is 1.52. The van der Waals surface area contributed by atoms with Crippen LogP contribution in [-0.4, -0.2) is 16.2 Å². The predicted molar refractivity (Wildman–Crippen MR) is 73.4 cm³/mol. The molecule has 2 rings (SSSR count). The molecule has 1 aromatic heterocycles. The maximum atomic E-state index is 5.97. The van der Waals surface area contributed by atoms with Crippen molar-refractivity contribution in [3.05, 3.63) is 35.0 Å². The third-order valence-corrected chi connectivity index (χ3v) is 3.08. The van der Waals surface area contributed by atoms with Crippen LogP contribution in [0, 0.1) is 6.92 Å². The molecule has 0 unspecified atom stereocenters. The van der Waals surface area contributed by atoms with Gasteiger partial charge in [-0.05, 0) is 25.3 Å². The Morgan fingerprint density at radius 3 is 2.71 bits per heavy atom. The lowest BCUT2D eigenvalue weighted by Gasteiger charge is -2.07. The summed E-state index contributed by atoms with van der Waals surface area (Å²) in [6.07, 6.45) is 1.91. The van der Waals surface area contributed by atoms with Gasteiger partial charge in [0.25, 0.3) is 0 Å². The number of thioether (sulfide) groups is 1. The second kappa shape index (κ2) is 4.94. The first-order valence-corrected chi connectivity index (χ1v) is 6.65. The van der Waals surface area contributed by atoms with Gasteiger partial charge < -0.3 is 5.73 Å². The maximum Gasteiger partial charge on any atom is 0.189 e. The second-order valence-corrected chi connectivity index (χ2v) is 4.81. The van der Waals surface area contributed by atoms with Crippen LogP contribution in [0.1, 0.15) is 5.56 Å². The van der Waals surface area contributed by atoms with Crippen LogP contribution in [0.3, 0.4) is 0 Å². The first kappa shape index (κ1) is 12.2. The van der Waals surface area contributed by atoms with E-state index >= 15 is 0 Å². The van der Waals surface area contributed by atoms with Gasteiger partial charge in [-0.15, -0.1) is 0 Å². The molecule has 17 heavy (non-hydrogen) atoms. The van der Waals surface area contributed by atoms with Gasteiger partial charge >= 0.3 is 0 Å². The lowest BCUT2D eigenvalue weighted by molar-refractivity contribution is 0.977. The van der Waals surface area contributed by atoms with E-state index < -0.39 is 0 Å². The molecule has 0 bridgehead atoms. The highest BCUT2D eigenvalue weighted by Crippen LogP contribution is 2.28. The van der Waals surface area contributed by atoms with E-state index in [9.17, 15) is 0 Å². The zero-order chi connectivity index (χ0) is 12.4. The van der Waals surface area contributed by atoms with Crippen LogP contribution in [-0.2, 0) is 0 Å². The number of nitrogen functional groups attached to an aromatic ring is 1. The number of benzene rings is 1. The van der Waals surface area contributed by atoms with Gasteiger partial charge in [0.15, 0.2) is 5.16 Å². The molecule has 0 fully saturated rings. The number of hydrogen-bond acceptors (Lipinski definition) is 4. The highest BCUT2D eigenvalue weighted by atomic mass is 35.5. The zero-order valence-corrected chi connectivity index (χ0v) is 11.1. The molecule has 3 nitrogen and oxygen atoms in total. The van der Waals surface area contributed by atoms with Crippen molar-refractivity contribution in [3.8, 4) is 11.3 Å². The van der Waals surface area contributed by atoms with Crippen LogP contribution in [0.4, 0.5) is 5.69 Å². The normalized spacial score (nSPS) is 10.5. The van der Waals surface area contributed by atoms with Crippen molar-refractivity contribution in [1.82, 2.24) is 9.97 Å². The number of aryl methyl sites for hydroxylation is 1. The van der Waals surface area contributed by atoms with Gasteiger partial charge in [0.05, 0.1) is 5.69 Å². The molecular formula is C12H12ClN3S. The molecule has 0 aliphatic heterocycles. The second-order valence-electron chi connectivity index (χ2n) is 3.65. The number of anilines is 1. The average molecular weight is 266 g/mol. The molecular weight excluding hydrogens is 254 g/mol. The van der Waals surface area contributed by atoms with Crippen LogP contribution in [0.25, 0.3) is 11.3 Å². The van der Waals surface area contributed by atoms with Crippen LogP contribution < -0.4 is 5.73 Å². The largest absolute Gasteiger partial charge is 0.398 e. The summed E-state index contributed by atoms with van der Waals surface area (Å²) < 4.78 is 0. The van der Waals surface area contributed by atoms with Gasteiger partial charge in [-0.2, -0.15) is 0 Å². The van der Waals surface area contributed by atoms with Gasteiger partial charge in [0.1, 0.15) is 5.15 Å². The lowest BCUT2D eigenvalue weighted by atomic mass is 10.1. The Balaban J connectivity index is 2.59. The average Bonchev–Trinajstić information content (AvgIpc) is 2.31. The third kappa shape index (κ3) is 2.70. The first-order valence-electron chi connectivity index (χ1n) is 5.05. The molecule has 2 N–H and O–H groups in total. The molecule has 0 saturated carbocycles. The van der Waals surface area contributed by atoms with Crippen molar-refractivity contribution < 1.29 is 0 Å². The smallest absolute Gasteiger partial charge is 0.189 e. The number of nitrogens with zero attached hydrogens (tertiary/aromatic N) is 2. The Hall–Kier alpha value is -1.26. The number of aromatic nitrogens is 2. The molecule has 2 aromatic rings. The quantitative estimate of drug-likeness (QED) is 0.391. The van der Waals surface area contributed by atoms with Crippen LogP contribution in [0.5, 0.6) is 0 Å². The van der Waals surface area contributed by atoms with Crippen LogP contribution in [0.15, 0.2) is 29.4 Å². The van der Waals surface area contributed by atoms with Gasteiger partial charge in [-0.3, -0.25) is 0 Å². The molecule has 88 valence electrons. The van der Waals surface area contributed by atoms with Crippen molar-refractivity contribution >= 4 is 29.1 Å². The summed E-state index contributed by atoms with van der Waals surface area (Å²) in [5.41, 5.74) is 9.43. The third-order valence-electron chi connectivity index (χ3n) is 2.34. The fraction of sp³-hybridized carbons (Fsp3) is 0.167. The summed E-state index contributed by atoms with van der Waals surface area (Å²) in [6.45, 7) is 2.02. The van der Waals surface area contributed by atoms with E-state index in [0.717, 1.165) is 16.8 Å². The molecule has 5 heteroatoms. The van der Waals surface area contributed by atoms with Crippen molar-refractivity contribution in [2.75, 3.05) is 12.0 Å². The molecule has 0 amide bonds. The molecule has 1 heterocycles. The van der Waals surface area contributed by atoms with E-state index in [-0.39, 0.29) is 0 Å². The Morgan fingerprint density at radius 1 is 1.24 bits per heavy atom. The molecule has 0 aliphatic rings. The summed E-state index contributed by atoms with van der Waals surface area (Å²) >= 11 is 7.42. The Morgan fingerprint density at radius 2 is 2.00 bits per heavy atom. The molecule has 0 spiro atoms. The molecule has 1 aromatic carbocycles. The summed E-state index contributed by atoms with van der Waals surface area (Å²) in [5, 5.41) is 1.08. The van der Waals surface area contributed by atoms with Crippen LogP contribution >= 0.6 is 23.4 Å². The van der Waals surface area contributed by atoms with E-state index in [2.05, 4.69) is 9.97 Å². The SMILES string of the molecule is CSc1nc(Cl)cc(-c2cc(C)ccc2N)n1. The summed E-state index contributed by atoms with van der Waals surface area (Å²) in [5.74, 6) is 0. The van der Waals surface area contributed by atoms with Gasteiger partial charge in [0.2, 0.25) is 0 Å². The molecule has 0 atom stereocenters. The van der Waals surface area contributed by atoms with E-state index in [1.165, 1.54) is 11.8 Å². The highest BCUT2D eigenvalue weighted by molar-refractivity contribution is 7.98. The van der Waals surface area contributed by atoms with Crippen molar-refractivity contribution in [2.45, 2.75) is 12.1 Å². The minimum atomic E-state index is 0.431. The standard InChI is InChI=1S/C12H12ClN3S/c1-7-3-4-9(14)8(5-7)10-6-11(13)16-12(15-10)17-2/h3-6H,14H2,1-2H3. The predicted octanol–water partition coefficient (Wildman–Crippen LogP) is 3.41. The topological polar surface area (TPSA) is 51.8 Å². The van der Waals surface area contributed by atoms with Crippen molar-refractivity contribution in [1.29, 1.82) is 0 Å². The van der Waals surface area contributed by atoms with E-state index in [1.807, 2.05) is 31.4 Å². The lowest BCUT2D eigenvalue weighted by Crippen LogP contribution is -1.95. The minimum Gasteiger partial charge on any atom is -0.398 e.